The molecule has 1 N–H and O–H groups in total. The van der Waals surface area contributed by atoms with E-state index >= 15 is 0 Å². The van der Waals surface area contributed by atoms with Crippen LogP contribution in [0.25, 0.3) is 0 Å². The lowest BCUT2D eigenvalue weighted by Crippen LogP contribution is -2.27. The molecule has 1 aliphatic rings. The third-order valence-corrected chi connectivity index (χ3v) is 5.21. The Balaban J connectivity index is 1.94. The third kappa shape index (κ3) is 3.45. The summed E-state index contributed by atoms with van der Waals surface area (Å²) >= 11 is 0. The zero-order valence-corrected chi connectivity index (χ0v) is 14.5. The minimum absolute atomic E-state index is 0.155. The average Bonchev–Trinajstić information content (AvgIpc) is 2.74. The third-order valence-electron chi connectivity index (χ3n) is 3.83. The smallest absolute Gasteiger partial charge is 0.270 e. The summed E-state index contributed by atoms with van der Waals surface area (Å²) in [6, 6.07) is 9.07. The van der Waals surface area contributed by atoms with Gasteiger partial charge in [0.15, 0.2) is 0 Å². The molecule has 0 bridgehead atoms. The number of nitro benzene ring substituents is 1. The number of likely N-dealkylation sites (N-methyl/N-ethyl adjacent to an activating group) is 1. The number of fused-ring (bicyclic) bond motifs is 1. The first-order valence-corrected chi connectivity index (χ1v) is 9.06. The van der Waals surface area contributed by atoms with Crippen LogP contribution in [0.1, 0.15) is 10.4 Å². The lowest BCUT2D eigenvalue weighted by Gasteiger charge is -2.13. The SMILES string of the molecule is CN1CCOc2ccc(NS(=O)(=O)c3cccc([N+](=O)[O-])c3)cc2C1=O. The van der Waals surface area contributed by atoms with E-state index in [1.165, 1.54) is 41.3 Å². The molecule has 0 radical (unpaired) electrons. The molecule has 0 aromatic heterocycles. The fourth-order valence-corrected chi connectivity index (χ4v) is 3.55. The van der Waals surface area contributed by atoms with E-state index in [2.05, 4.69) is 4.72 Å². The van der Waals surface area contributed by atoms with Crippen molar-refractivity contribution in [1.82, 2.24) is 4.90 Å². The van der Waals surface area contributed by atoms with E-state index in [1.54, 1.807) is 7.05 Å². The normalized spacial score (nSPS) is 14.2. The minimum atomic E-state index is -4.06. The molecule has 2 aromatic rings. The molecule has 0 fully saturated rings. The highest BCUT2D eigenvalue weighted by molar-refractivity contribution is 7.92. The summed E-state index contributed by atoms with van der Waals surface area (Å²) in [4.78, 5) is 23.7. The number of carbonyl (C=O) groups excluding carboxylic acids is 1. The van der Waals surface area contributed by atoms with Crippen molar-refractivity contribution in [3.63, 3.8) is 0 Å². The maximum atomic E-state index is 12.5. The van der Waals surface area contributed by atoms with Crippen LogP contribution in [-0.2, 0) is 10.0 Å². The number of carbonyl (C=O) groups is 1. The van der Waals surface area contributed by atoms with Crippen molar-refractivity contribution in [2.75, 3.05) is 24.9 Å². The Morgan fingerprint density at radius 2 is 2.00 bits per heavy atom. The molecule has 1 amide bonds. The minimum Gasteiger partial charge on any atom is -0.491 e. The monoisotopic (exact) mass is 377 g/mol. The van der Waals surface area contributed by atoms with E-state index in [-0.39, 0.29) is 27.7 Å². The Kier molecular flexibility index (Phi) is 4.51. The number of sulfonamides is 1. The number of amides is 1. The molecule has 0 spiro atoms. The summed E-state index contributed by atoms with van der Waals surface area (Å²) in [5, 5.41) is 10.8. The van der Waals surface area contributed by atoms with Crippen LogP contribution >= 0.6 is 0 Å². The second-order valence-electron chi connectivity index (χ2n) is 5.65. The molecule has 136 valence electrons. The van der Waals surface area contributed by atoms with Crippen LogP contribution in [0.4, 0.5) is 11.4 Å². The number of nitrogens with zero attached hydrogens (tertiary/aromatic N) is 2. The largest absolute Gasteiger partial charge is 0.491 e. The van der Waals surface area contributed by atoms with Crippen LogP contribution in [-0.4, -0.2) is 44.3 Å². The predicted octanol–water partition coefficient (Wildman–Crippen LogP) is 1.86. The van der Waals surface area contributed by atoms with Gasteiger partial charge in [-0.2, -0.15) is 0 Å². The summed E-state index contributed by atoms with van der Waals surface area (Å²) in [5.74, 6) is 0.0894. The second kappa shape index (κ2) is 6.64. The molecule has 10 heteroatoms. The topological polar surface area (TPSA) is 119 Å². The molecule has 3 rings (SSSR count). The quantitative estimate of drug-likeness (QED) is 0.642. The number of rotatable bonds is 4. The highest BCUT2D eigenvalue weighted by Crippen LogP contribution is 2.28. The number of anilines is 1. The van der Waals surface area contributed by atoms with E-state index in [1.807, 2.05) is 0 Å². The summed E-state index contributed by atoms with van der Waals surface area (Å²) in [7, 11) is -2.43. The zero-order chi connectivity index (χ0) is 18.9. The lowest BCUT2D eigenvalue weighted by molar-refractivity contribution is -0.385. The Bertz CT molecular complexity index is 989. The number of nitrogens with one attached hydrogen (secondary N) is 1. The lowest BCUT2D eigenvalue weighted by atomic mass is 10.1. The number of nitro groups is 1. The van der Waals surface area contributed by atoms with Crippen LogP contribution in [0.3, 0.4) is 0 Å². The molecular formula is C16H15N3O6S. The van der Waals surface area contributed by atoms with Gasteiger partial charge < -0.3 is 9.64 Å². The van der Waals surface area contributed by atoms with Crippen molar-refractivity contribution in [2.24, 2.45) is 0 Å². The molecule has 9 nitrogen and oxygen atoms in total. The molecule has 0 saturated carbocycles. The number of hydrogen-bond acceptors (Lipinski definition) is 6. The molecule has 2 aromatic carbocycles. The summed E-state index contributed by atoms with van der Waals surface area (Å²) in [5.41, 5.74) is 0.0618. The molecule has 1 heterocycles. The summed E-state index contributed by atoms with van der Waals surface area (Å²) in [6.07, 6.45) is 0. The van der Waals surface area contributed by atoms with Crippen molar-refractivity contribution in [3.05, 3.63) is 58.1 Å². The fourth-order valence-electron chi connectivity index (χ4n) is 2.46. The van der Waals surface area contributed by atoms with Crippen LogP contribution in [0.5, 0.6) is 5.75 Å². The maximum absolute atomic E-state index is 12.5. The van der Waals surface area contributed by atoms with E-state index < -0.39 is 14.9 Å². The first-order chi connectivity index (χ1) is 12.3. The van der Waals surface area contributed by atoms with E-state index in [9.17, 15) is 23.3 Å². The highest BCUT2D eigenvalue weighted by Gasteiger charge is 2.23. The molecule has 1 aliphatic heterocycles. The van der Waals surface area contributed by atoms with Gasteiger partial charge in [0, 0.05) is 24.9 Å². The maximum Gasteiger partial charge on any atom is 0.270 e. The van der Waals surface area contributed by atoms with Crippen LogP contribution in [0, 0.1) is 10.1 Å². The molecule has 26 heavy (non-hydrogen) atoms. The van der Waals surface area contributed by atoms with Crippen molar-refractivity contribution < 1.29 is 22.9 Å². The molecule has 0 saturated heterocycles. The predicted molar refractivity (Wildman–Crippen MR) is 92.8 cm³/mol. The van der Waals surface area contributed by atoms with Crippen LogP contribution in [0.15, 0.2) is 47.4 Å². The van der Waals surface area contributed by atoms with Crippen molar-refractivity contribution in [2.45, 2.75) is 4.90 Å². The Morgan fingerprint density at radius 1 is 1.23 bits per heavy atom. The van der Waals surface area contributed by atoms with Gasteiger partial charge in [-0.3, -0.25) is 19.6 Å². The van der Waals surface area contributed by atoms with Crippen molar-refractivity contribution in [3.8, 4) is 5.75 Å². The van der Waals surface area contributed by atoms with E-state index in [0.717, 1.165) is 6.07 Å². The summed E-state index contributed by atoms with van der Waals surface area (Å²) in [6.45, 7) is 0.760. The van der Waals surface area contributed by atoms with Crippen molar-refractivity contribution in [1.29, 1.82) is 0 Å². The first kappa shape index (κ1) is 17.7. The Labute approximate surface area is 149 Å². The fraction of sp³-hybridized carbons (Fsp3) is 0.188. The zero-order valence-electron chi connectivity index (χ0n) is 13.7. The highest BCUT2D eigenvalue weighted by atomic mass is 32.2. The first-order valence-electron chi connectivity index (χ1n) is 7.57. The number of non-ortho nitro benzene ring substituents is 1. The summed E-state index contributed by atoms with van der Waals surface area (Å²) < 4.78 is 32.8. The van der Waals surface area contributed by atoms with E-state index in [4.69, 9.17) is 4.74 Å². The van der Waals surface area contributed by atoms with Gasteiger partial charge in [-0.1, -0.05) is 6.07 Å². The van der Waals surface area contributed by atoms with Gasteiger partial charge >= 0.3 is 0 Å². The molecule has 0 aliphatic carbocycles. The number of ether oxygens (including phenoxy) is 1. The van der Waals surface area contributed by atoms with Crippen LogP contribution < -0.4 is 9.46 Å². The standard InChI is InChI=1S/C16H15N3O6S/c1-18-7-8-25-15-6-5-11(9-14(15)16(18)20)17-26(23,24)13-4-2-3-12(10-13)19(21)22/h2-6,9-10,17H,7-8H2,1H3. The average molecular weight is 377 g/mol. The molecule has 0 atom stereocenters. The van der Waals surface area contributed by atoms with Gasteiger partial charge in [0.1, 0.15) is 12.4 Å². The van der Waals surface area contributed by atoms with Gasteiger partial charge in [0.05, 0.1) is 21.9 Å². The second-order valence-corrected chi connectivity index (χ2v) is 7.33. The number of hydrogen-bond donors (Lipinski definition) is 1. The van der Waals surface area contributed by atoms with Gasteiger partial charge in [-0.05, 0) is 24.3 Å². The van der Waals surface area contributed by atoms with Crippen molar-refractivity contribution >= 4 is 27.3 Å². The van der Waals surface area contributed by atoms with Gasteiger partial charge in [0.25, 0.3) is 21.6 Å². The van der Waals surface area contributed by atoms with Crippen LogP contribution in [0.2, 0.25) is 0 Å². The van der Waals surface area contributed by atoms with Gasteiger partial charge in [0.2, 0.25) is 0 Å². The Morgan fingerprint density at radius 3 is 2.73 bits per heavy atom. The molecule has 0 unspecified atom stereocenters. The van der Waals surface area contributed by atoms with E-state index in [0.29, 0.717) is 18.9 Å². The Hall–Kier alpha value is -3.14. The number of benzene rings is 2. The van der Waals surface area contributed by atoms with Gasteiger partial charge in [-0.15, -0.1) is 0 Å². The van der Waals surface area contributed by atoms with Gasteiger partial charge in [-0.25, -0.2) is 8.42 Å². The molecular weight excluding hydrogens is 362 g/mol.